The number of aliphatic hydroxyl groups excluding tert-OH is 1. The molecule has 0 fully saturated rings. The van der Waals surface area contributed by atoms with Crippen LogP contribution in [-0.4, -0.2) is 70.3 Å². The van der Waals surface area contributed by atoms with Crippen LogP contribution in [0.3, 0.4) is 0 Å². The maximum atomic E-state index is 12.5. The number of benzene rings is 1. The van der Waals surface area contributed by atoms with Gasteiger partial charge in [-0.1, -0.05) is 18.2 Å². The number of aromatic nitrogens is 1. The smallest absolute Gasteiger partial charge is 0.294 e. The number of nitrogens with zero attached hydrogens (tertiary/aromatic N) is 5. The summed E-state index contributed by atoms with van der Waals surface area (Å²) < 4.78 is 25.8. The van der Waals surface area contributed by atoms with Crippen LogP contribution in [0.25, 0.3) is 5.76 Å². The molecule has 0 saturated heterocycles. The van der Waals surface area contributed by atoms with Gasteiger partial charge in [0.1, 0.15) is 19.0 Å². The van der Waals surface area contributed by atoms with E-state index in [4.69, 9.17) is 0 Å². The average Bonchev–Trinajstić information content (AvgIpc) is 2.85. The Morgan fingerprint density at radius 1 is 1.03 bits per heavy atom. The zero-order chi connectivity index (χ0) is 28.5. The summed E-state index contributed by atoms with van der Waals surface area (Å²) in [5, 5.41) is 38.4. The number of nitrogens with one attached hydrogen (secondary N) is 1. The summed E-state index contributed by atoms with van der Waals surface area (Å²) in [6.07, 6.45) is -0.0590. The number of anilines is 1. The van der Waals surface area contributed by atoms with Crippen LogP contribution in [0.2, 0.25) is 0 Å². The van der Waals surface area contributed by atoms with Crippen molar-refractivity contribution in [3.63, 3.8) is 0 Å². The predicted octanol–water partition coefficient (Wildman–Crippen LogP) is 0.561. The molecule has 1 aromatic heterocycles. The van der Waals surface area contributed by atoms with Crippen molar-refractivity contribution in [1.82, 2.24) is 9.29 Å². The van der Waals surface area contributed by atoms with Crippen molar-refractivity contribution in [2.45, 2.75) is 11.0 Å². The van der Waals surface area contributed by atoms with E-state index in [1.807, 2.05) is 0 Å². The van der Waals surface area contributed by atoms with E-state index in [9.17, 15) is 48.7 Å². The second kappa shape index (κ2) is 12.6. The fourth-order valence-electron chi connectivity index (χ4n) is 2.81. The van der Waals surface area contributed by atoms with Crippen LogP contribution in [-0.2, 0) is 29.3 Å². The molecule has 1 aliphatic heterocycles. The van der Waals surface area contributed by atoms with Gasteiger partial charge in [-0.25, -0.2) is 13.4 Å². The van der Waals surface area contributed by atoms with E-state index in [0.29, 0.717) is 0 Å². The van der Waals surface area contributed by atoms with Gasteiger partial charge in [-0.05, 0) is 24.3 Å². The maximum Gasteiger partial charge on any atom is 0.294 e. The second-order valence-corrected chi connectivity index (χ2v) is 8.76. The van der Waals surface area contributed by atoms with Gasteiger partial charge in [-0.2, -0.15) is 0 Å². The summed E-state index contributed by atoms with van der Waals surface area (Å²) in [7, 11) is -2.69. The third kappa shape index (κ3) is 7.61. The molecule has 2 heterocycles. The van der Waals surface area contributed by atoms with E-state index >= 15 is 0 Å². The number of hydrogen-bond acceptors (Lipinski definition) is 14. The molecular weight excluding hydrogens is 540 g/mol. The number of amides is 1. The first kappa shape index (κ1) is 29.0. The molecule has 0 unspecified atom stereocenters. The molecule has 19 nitrogen and oxygen atoms in total. The van der Waals surface area contributed by atoms with Crippen molar-refractivity contribution >= 4 is 27.5 Å². The fourth-order valence-corrected chi connectivity index (χ4v) is 4.21. The summed E-state index contributed by atoms with van der Waals surface area (Å²) >= 11 is 0. The molecule has 3 rings (SSSR count). The van der Waals surface area contributed by atoms with Gasteiger partial charge in [0.05, 0.1) is 4.90 Å². The average molecular weight is 558 g/mol. The highest BCUT2D eigenvalue weighted by Crippen LogP contribution is 2.34. The van der Waals surface area contributed by atoms with Crippen LogP contribution >= 0.6 is 0 Å². The van der Waals surface area contributed by atoms with Crippen LogP contribution in [0.4, 0.5) is 5.82 Å². The highest BCUT2D eigenvalue weighted by atomic mass is 32.2. The third-order valence-corrected chi connectivity index (χ3v) is 6.22. The Balaban J connectivity index is 0.000000296. The SMILES string of the molecule is CN1C(C(=O)Nc2ccccn2)=C(O)c2ccccc2S1(=O)=O.O=[N+]([O-])OCC(CO[N+](=O)[O-])O[N+](=O)[O-]. The number of fused-ring (bicyclic) bond motifs is 1. The second-order valence-electron chi connectivity index (χ2n) is 6.82. The molecule has 20 heteroatoms. The summed E-state index contributed by atoms with van der Waals surface area (Å²) in [4.78, 5) is 56.8. The zero-order valence-electron chi connectivity index (χ0n) is 19.1. The normalized spacial score (nSPS) is 13.4. The standard InChI is InChI=1S/C15H13N3O4S.C3H5N3O9/c1-18-13(15(20)17-12-8-4-5-9-16-12)14(19)10-6-2-3-7-11(10)23(18,21)22;7-4(8)13-1-3(15-6(11)12)2-14-5(9)10/h2-9,19H,1H3,(H,16,17,20);3H,1-2H2. The van der Waals surface area contributed by atoms with Gasteiger partial charge in [0.25, 0.3) is 31.2 Å². The Hall–Kier alpha value is -5.27. The molecule has 38 heavy (non-hydrogen) atoms. The largest absolute Gasteiger partial charge is 0.505 e. The summed E-state index contributed by atoms with van der Waals surface area (Å²) in [5.41, 5.74) is -0.258. The number of likely N-dealkylation sites (N-methyl/N-ethyl adjacent to an activating group) is 1. The summed E-state index contributed by atoms with van der Waals surface area (Å²) in [5.74, 6) is -0.907. The van der Waals surface area contributed by atoms with Gasteiger partial charge in [0.2, 0.25) is 0 Å². The molecule has 1 aliphatic rings. The minimum atomic E-state index is -3.91. The molecule has 0 atom stereocenters. The highest BCUT2D eigenvalue weighted by Gasteiger charge is 2.37. The first-order chi connectivity index (χ1) is 17.8. The van der Waals surface area contributed by atoms with Gasteiger partial charge in [0, 0.05) is 18.8 Å². The lowest BCUT2D eigenvalue weighted by Gasteiger charge is -2.28. The molecule has 2 aromatic rings. The van der Waals surface area contributed by atoms with Crippen molar-refractivity contribution in [3.8, 4) is 0 Å². The van der Waals surface area contributed by atoms with Crippen molar-refractivity contribution in [2.75, 3.05) is 25.6 Å². The van der Waals surface area contributed by atoms with E-state index in [2.05, 4.69) is 24.8 Å². The minimum Gasteiger partial charge on any atom is -0.505 e. The lowest BCUT2D eigenvalue weighted by atomic mass is 10.1. The molecular formula is C18H18N6O13S. The molecule has 204 valence electrons. The van der Waals surface area contributed by atoms with Crippen LogP contribution in [0.15, 0.2) is 59.3 Å². The molecule has 1 aromatic carbocycles. The Morgan fingerprint density at radius 3 is 2.13 bits per heavy atom. The summed E-state index contributed by atoms with van der Waals surface area (Å²) in [6, 6.07) is 10.9. The van der Waals surface area contributed by atoms with Crippen molar-refractivity contribution in [3.05, 3.63) is 90.3 Å². The van der Waals surface area contributed by atoms with E-state index in [0.717, 1.165) is 4.31 Å². The lowest BCUT2D eigenvalue weighted by Crippen LogP contribution is -2.37. The van der Waals surface area contributed by atoms with Gasteiger partial charge < -0.3 is 24.9 Å². The van der Waals surface area contributed by atoms with Crippen molar-refractivity contribution in [2.24, 2.45) is 0 Å². The molecule has 1 amide bonds. The number of rotatable bonds is 10. The lowest BCUT2D eigenvalue weighted by molar-refractivity contribution is -0.803. The molecule has 0 bridgehead atoms. The number of carbonyl (C=O) groups excluding carboxylic acids is 1. The van der Waals surface area contributed by atoms with Crippen LogP contribution in [0.5, 0.6) is 0 Å². The molecule has 0 radical (unpaired) electrons. The van der Waals surface area contributed by atoms with E-state index in [1.165, 1.54) is 25.4 Å². The molecule has 0 aliphatic carbocycles. The highest BCUT2D eigenvalue weighted by molar-refractivity contribution is 7.89. The fraction of sp³-hybridized carbons (Fsp3) is 0.222. The zero-order valence-corrected chi connectivity index (χ0v) is 19.9. The van der Waals surface area contributed by atoms with Crippen LogP contribution < -0.4 is 5.32 Å². The summed E-state index contributed by atoms with van der Waals surface area (Å²) in [6.45, 7) is -1.69. The monoisotopic (exact) mass is 558 g/mol. The molecule has 2 N–H and O–H groups in total. The minimum absolute atomic E-state index is 0.0469. The number of hydrogen-bond donors (Lipinski definition) is 2. The van der Waals surface area contributed by atoms with E-state index < -0.39 is 56.3 Å². The van der Waals surface area contributed by atoms with Gasteiger partial charge >= 0.3 is 0 Å². The number of sulfonamides is 1. The number of carbonyl (C=O) groups is 1. The molecule has 0 spiro atoms. The topological polar surface area (TPSA) is 257 Å². The predicted molar refractivity (Wildman–Crippen MR) is 122 cm³/mol. The quantitative estimate of drug-likeness (QED) is 0.298. The van der Waals surface area contributed by atoms with E-state index in [1.54, 1.807) is 30.3 Å². The Morgan fingerprint density at radius 2 is 1.61 bits per heavy atom. The van der Waals surface area contributed by atoms with Crippen LogP contribution in [0.1, 0.15) is 5.56 Å². The third-order valence-electron chi connectivity index (χ3n) is 4.41. The van der Waals surface area contributed by atoms with Crippen LogP contribution in [0, 0.1) is 30.3 Å². The van der Waals surface area contributed by atoms with Crippen molar-refractivity contribution in [1.29, 1.82) is 0 Å². The maximum absolute atomic E-state index is 12.5. The molecule has 0 saturated carbocycles. The van der Waals surface area contributed by atoms with Gasteiger partial charge in [-0.15, -0.1) is 30.3 Å². The Bertz CT molecular complexity index is 1320. The first-order valence-corrected chi connectivity index (χ1v) is 11.4. The van der Waals surface area contributed by atoms with Crippen molar-refractivity contribution < 1.29 is 48.1 Å². The van der Waals surface area contributed by atoms with E-state index in [-0.39, 0.29) is 22.0 Å². The Labute approximate surface area is 212 Å². The number of aliphatic hydroxyl groups is 1. The number of pyridine rings is 1. The first-order valence-electron chi connectivity index (χ1n) is 9.94. The van der Waals surface area contributed by atoms with Gasteiger partial charge in [0.15, 0.2) is 17.6 Å². The Kier molecular flexibility index (Phi) is 9.62. The van der Waals surface area contributed by atoms with Gasteiger partial charge in [-0.3, -0.25) is 9.10 Å².